The second kappa shape index (κ2) is 1.63. The Balaban J connectivity index is 2.36. The molecule has 0 aromatic heterocycles. The topological polar surface area (TPSA) is 0 Å². The van der Waals surface area contributed by atoms with Crippen molar-refractivity contribution < 1.29 is 0 Å². The van der Waals surface area contributed by atoms with Gasteiger partial charge in [-0.3, -0.25) is 0 Å². The van der Waals surface area contributed by atoms with Gasteiger partial charge in [0.15, 0.2) is 0 Å². The number of halogens is 1. The average Bonchev–Trinajstić information content (AvgIpc) is 2.24. The molecule has 0 aliphatic heterocycles. The van der Waals surface area contributed by atoms with Gasteiger partial charge in [-0.25, -0.2) is 0 Å². The Morgan fingerprint density at radius 3 is 2.56 bits per heavy atom. The number of alkyl halides is 1. The molecule has 50 valence electrons. The van der Waals surface area contributed by atoms with E-state index in [1.807, 2.05) is 0 Å². The molecule has 0 aromatic rings. The van der Waals surface area contributed by atoms with E-state index in [1.54, 1.807) is 0 Å². The fraction of sp³-hybridized carbons (Fsp3) is 0.750. The van der Waals surface area contributed by atoms with E-state index < -0.39 is 0 Å². The highest BCUT2D eigenvalue weighted by Crippen LogP contribution is 2.52. The molecule has 9 heavy (non-hydrogen) atoms. The van der Waals surface area contributed by atoms with Crippen LogP contribution in [0.25, 0.3) is 0 Å². The highest BCUT2D eigenvalue weighted by Gasteiger charge is 2.44. The maximum absolute atomic E-state index is 3.73. The van der Waals surface area contributed by atoms with E-state index in [1.165, 1.54) is 12.8 Å². The standard InChI is InChI=1S/C8H11Br/c1-8-4-2-6(3-5-8)7(8)9/h2,4,6-7H,3,5H2,1H3. The average molecular weight is 187 g/mol. The minimum atomic E-state index is 0.505. The van der Waals surface area contributed by atoms with Gasteiger partial charge in [-0.05, 0) is 24.2 Å². The van der Waals surface area contributed by atoms with Gasteiger partial charge in [0, 0.05) is 4.83 Å². The van der Waals surface area contributed by atoms with Crippen LogP contribution in [0.15, 0.2) is 12.2 Å². The number of rotatable bonds is 0. The highest BCUT2D eigenvalue weighted by atomic mass is 79.9. The van der Waals surface area contributed by atoms with Crippen molar-refractivity contribution in [3.63, 3.8) is 0 Å². The Hall–Kier alpha value is 0.220. The predicted octanol–water partition coefficient (Wildman–Crippen LogP) is 2.74. The third kappa shape index (κ3) is 0.644. The molecule has 0 radical (unpaired) electrons. The van der Waals surface area contributed by atoms with E-state index in [0.717, 1.165) is 10.7 Å². The lowest BCUT2D eigenvalue weighted by atomic mass is 9.91. The summed E-state index contributed by atoms with van der Waals surface area (Å²) in [4.78, 5) is 0.741. The van der Waals surface area contributed by atoms with Crippen LogP contribution in [0.3, 0.4) is 0 Å². The normalized spacial score (nSPS) is 54.9. The van der Waals surface area contributed by atoms with Crippen LogP contribution in [0.2, 0.25) is 0 Å². The summed E-state index contributed by atoms with van der Waals surface area (Å²) in [6.07, 6.45) is 7.51. The summed E-state index contributed by atoms with van der Waals surface area (Å²) < 4.78 is 0. The lowest BCUT2D eigenvalue weighted by molar-refractivity contribution is 0.471. The lowest BCUT2D eigenvalue weighted by Gasteiger charge is -2.19. The van der Waals surface area contributed by atoms with Gasteiger partial charge in [-0.2, -0.15) is 0 Å². The summed E-state index contributed by atoms with van der Waals surface area (Å²) in [5, 5.41) is 0. The van der Waals surface area contributed by atoms with Crippen molar-refractivity contribution in [2.45, 2.75) is 24.6 Å². The maximum atomic E-state index is 3.73. The Bertz CT molecular complexity index is 162. The molecule has 0 aromatic carbocycles. The second-order valence-corrected chi connectivity index (χ2v) is 4.46. The van der Waals surface area contributed by atoms with Gasteiger partial charge >= 0.3 is 0 Å². The van der Waals surface area contributed by atoms with Crippen molar-refractivity contribution in [3.8, 4) is 0 Å². The van der Waals surface area contributed by atoms with Gasteiger partial charge in [0.1, 0.15) is 0 Å². The minimum absolute atomic E-state index is 0.505. The molecule has 2 bridgehead atoms. The first-order valence-corrected chi connectivity index (χ1v) is 4.47. The first-order chi connectivity index (χ1) is 4.22. The van der Waals surface area contributed by atoms with Gasteiger partial charge in [0.25, 0.3) is 0 Å². The van der Waals surface area contributed by atoms with E-state index in [4.69, 9.17) is 0 Å². The minimum Gasteiger partial charge on any atom is -0.0875 e. The van der Waals surface area contributed by atoms with Gasteiger partial charge in [-0.15, -0.1) is 0 Å². The van der Waals surface area contributed by atoms with Crippen LogP contribution < -0.4 is 0 Å². The molecule has 1 heteroatoms. The van der Waals surface area contributed by atoms with Crippen LogP contribution >= 0.6 is 15.9 Å². The molecule has 0 nitrogen and oxygen atoms in total. The number of fused-ring (bicyclic) bond motifs is 2. The van der Waals surface area contributed by atoms with Crippen molar-refractivity contribution in [2.75, 3.05) is 0 Å². The third-order valence-corrected chi connectivity index (χ3v) is 4.47. The first kappa shape index (κ1) is 5.96. The van der Waals surface area contributed by atoms with Gasteiger partial charge < -0.3 is 0 Å². The quantitative estimate of drug-likeness (QED) is 0.404. The zero-order valence-corrected chi connectivity index (χ0v) is 7.19. The summed E-state index contributed by atoms with van der Waals surface area (Å²) in [6.45, 7) is 2.34. The molecule has 1 fully saturated rings. The van der Waals surface area contributed by atoms with Crippen LogP contribution in [-0.4, -0.2) is 4.83 Å². The molecule has 2 aliphatic carbocycles. The van der Waals surface area contributed by atoms with E-state index in [-0.39, 0.29) is 0 Å². The molecule has 0 saturated heterocycles. The molecule has 0 N–H and O–H groups in total. The van der Waals surface area contributed by atoms with E-state index >= 15 is 0 Å². The van der Waals surface area contributed by atoms with Crippen LogP contribution in [0.4, 0.5) is 0 Å². The van der Waals surface area contributed by atoms with Crippen LogP contribution in [0.5, 0.6) is 0 Å². The van der Waals surface area contributed by atoms with E-state index in [2.05, 4.69) is 35.0 Å². The summed E-state index contributed by atoms with van der Waals surface area (Å²) in [7, 11) is 0. The lowest BCUT2D eigenvalue weighted by Crippen LogP contribution is -2.16. The SMILES string of the molecule is CC12C=CC(CC1)C2Br. The molecule has 0 amide bonds. The molecule has 2 aliphatic rings. The number of allylic oxidation sites excluding steroid dienone is 2. The zero-order valence-electron chi connectivity index (χ0n) is 5.60. The predicted molar refractivity (Wildman–Crippen MR) is 42.7 cm³/mol. The summed E-state index contributed by atoms with van der Waals surface area (Å²) in [5.74, 6) is 0.843. The van der Waals surface area contributed by atoms with Crippen LogP contribution in [0, 0.1) is 11.3 Å². The molecular weight excluding hydrogens is 176 g/mol. The second-order valence-electron chi connectivity index (χ2n) is 3.47. The van der Waals surface area contributed by atoms with Gasteiger partial charge in [0.2, 0.25) is 0 Å². The molecule has 2 rings (SSSR count). The Morgan fingerprint density at radius 2 is 2.44 bits per heavy atom. The Labute approximate surface area is 64.5 Å². The summed E-state index contributed by atoms with van der Waals surface area (Å²) >= 11 is 3.73. The largest absolute Gasteiger partial charge is 0.0875 e. The molecule has 3 unspecified atom stereocenters. The molecule has 1 saturated carbocycles. The van der Waals surface area contributed by atoms with Gasteiger partial charge in [-0.1, -0.05) is 35.0 Å². The summed E-state index contributed by atoms with van der Waals surface area (Å²) in [6, 6.07) is 0. The zero-order chi connectivity index (χ0) is 6.48. The van der Waals surface area contributed by atoms with Crippen LogP contribution in [-0.2, 0) is 0 Å². The molecule has 3 atom stereocenters. The Kier molecular flexibility index (Phi) is 1.08. The van der Waals surface area contributed by atoms with Gasteiger partial charge in [0.05, 0.1) is 0 Å². The first-order valence-electron chi connectivity index (χ1n) is 3.56. The number of hydrogen-bond acceptors (Lipinski definition) is 0. The summed E-state index contributed by atoms with van der Waals surface area (Å²) in [5.41, 5.74) is 0.505. The van der Waals surface area contributed by atoms with Crippen molar-refractivity contribution in [2.24, 2.45) is 11.3 Å². The van der Waals surface area contributed by atoms with E-state index in [9.17, 15) is 0 Å². The monoisotopic (exact) mass is 186 g/mol. The van der Waals surface area contributed by atoms with Crippen LogP contribution in [0.1, 0.15) is 19.8 Å². The van der Waals surface area contributed by atoms with Crippen molar-refractivity contribution in [1.29, 1.82) is 0 Å². The molecule has 0 spiro atoms. The Morgan fingerprint density at radius 1 is 1.67 bits per heavy atom. The van der Waals surface area contributed by atoms with Crippen molar-refractivity contribution >= 4 is 15.9 Å². The fourth-order valence-corrected chi connectivity index (χ4v) is 2.79. The van der Waals surface area contributed by atoms with Crippen molar-refractivity contribution in [1.82, 2.24) is 0 Å². The third-order valence-electron chi connectivity index (χ3n) is 2.75. The molecular formula is C8H11Br. The molecule has 0 heterocycles. The fourth-order valence-electron chi connectivity index (χ4n) is 1.96. The van der Waals surface area contributed by atoms with Crippen molar-refractivity contribution in [3.05, 3.63) is 12.2 Å². The van der Waals surface area contributed by atoms with E-state index in [0.29, 0.717) is 5.41 Å². The maximum Gasteiger partial charge on any atom is 0.0296 e. The highest BCUT2D eigenvalue weighted by molar-refractivity contribution is 9.09. The number of hydrogen-bond donors (Lipinski definition) is 0. The smallest absolute Gasteiger partial charge is 0.0296 e.